The quantitative estimate of drug-likeness (QED) is 0.562. The summed E-state index contributed by atoms with van der Waals surface area (Å²) in [6.07, 6.45) is 0. The summed E-state index contributed by atoms with van der Waals surface area (Å²) < 4.78 is 29.8. The molecule has 1 heterocycles. The van der Waals surface area contributed by atoms with Crippen LogP contribution in [0.4, 0.5) is 5.69 Å². The van der Waals surface area contributed by atoms with Crippen LogP contribution < -0.4 is 9.34 Å². The van der Waals surface area contributed by atoms with Crippen LogP contribution in [0.1, 0.15) is 26.3 Å². The fourth-order valence-electron chi connectivity index (χ4n) is 1.90. The van der Waals surface area contributed by atoms with Gasteiger partial charge in [0.2, 0.25) is 0 Å². The third-order valence-corrected chi connectivity index (χ3v) is 5.27. The van der Waals surface area contributed by atoms with E-state index in [1.165, 1.54) is 6.07 Å². The van der Waals surface area contributed by atoms with E-state index < -0.39 is 14.2 Å². The van der Waals surface area contributed by atoms with Crippen LogP contribution >= 0.6 is 0 Å². The zero-order chi connectivity index (χ0) is 12.1. The molecule has 0 aliphatic carbocycles. The molecule has 16 heavy (non-hydrogen) atoms. The summed E-state index contributed by atoms with van der Waals surface area (Å²) in [5.41, 5.74) is 2.80. The van der Waals surface area contributed by atoms with Crippen molar-refractivity contribution >= 4 is 29.9 Å². The van der Waals surface area contributed by atoms with Gasteiger partial charge >= 0.3 is 96.8 Å². The van der Waals surface area contributed by atoms with Gasteiger partial charge in [0.05, 0.1) is 0 Å². The van der Waals surface area contributed by atoms with E-state index in [0.717, 1.165) is 17.0 Å². The van der Waals surface area contributed by atoms with Crippen LogP contribution in [0, 0.1) is 0 Å². The van der Waals surface area contributed by atoms with Gasteiger partial charge < -0.3 is 0 Å². The van der Waals surface area contributed by atoms with Gasteiger partial charge in [-0.1, -0.05) is 0 Å². The van der Waals surface area contributed by atoms with Crippen molar-refractivity contribution in [2.24, 2.45) is 0 Å². The van der Waals surface area contributed by atoms with Crippen LogP contribution in [-0.2, 0) is 9.15 Å². The monoisotopic (exact) mass is 284 g/mol. The van der Waals surface area contributed by atoms with Crippen LogP contribution in [0.15, 0.2) is 18.2 Å². The van der Waals surface area contributed by atoms with E-state index in [1.54, 1.807) is 12.1 Å². The zero-order valence-corrected chi connectivity index (χ0v) is 11.4. The van der Waals surface area contributed by atoms with Crippen molar-refractivity contribution in [2.75, 3.05) is 0 Å². The maximum absolute atomic E-state index is 11.3. The zero-order valence-electron chi connectivity index (χ0n) is 9.48. The summed E-state index contributed by atoms with van der Waals surface area (Å²) >= 11 is -4.79. The Balaban J connectivity index is 2.61. The van der Waals surface area contributed by atoms with Gasteiger partial charge in [0, 0.05) is 0 Å². The Morgan fingerprint density at radius 1 is 1.31 bits per heavy atom. The number of hydrogen-bond acceptors (Lipinski definition) is 1. The predicted molar refractivity (Wildman–Crippen MR) is 61.3 cm³/mol. The number of rotatable bonds is 1. The molecule has 1 aromatic rings. The van der Waals surface area contributed by atoms with E-state index in [4.69, 9.17) is 0 Å². The maximum atomic E-state index is 11.3. The third-order valence-electron chi connectivity index (χ3n) is 3.27. The van der Waals surface area contributed by atoms with E-state index in [-0.39, 0.29) is 9.77 Å². The number of nitrogens with one attached hydrogen (secondary N) is 1. The number of hydrogen-bond donors (Lipinski definition) is 3. The van der Waals surface area contributed by atoms with Crippen LogP contribution in [-0.4, -0.2) is 28.1 Å². The summed E-state index contributed by atoms with van der Waals surface area (Å²) in [6.45, 7) is 6.07. The van der Waals surface area contributed by atoms with Gasteiger partial charge in [-0.05, 0) is 0 Å². The predicted octanol–water partition coefficient (Wildman–Crippen LogP) is -1.29. The van der Waals surface area contributed by atoms with Crippen molar-refractivity contribution in [2.45, 2.75) is 26.2 Å². The first-order valence-electron chi connectivity index (χ1n) is 5.04. The van der Waals surface area contributed by atoms with Gasteiger partial charge in [-0.15, -0.1) is 0 Å². The summed E-state index contributed by atoms with van der Waals surface area (Å²) in [5.74, 6) is 0. The first kappa shape index (κ1) is 11.6. The normalized spacial score (nSPS) is 18.2. The van der Waals surface area contributed by atoms with E-state index >= 15 is 0 Å². The molecular weight excluding hydrogens is 269 g/mol. The third kappa shape index (κ3) is 1.67. The Morgan fingerprint density at radius 2 is 1.94 bits per heavy atom. The molecule has 5 heteroatoms. The summed E-state index contributed by atoms with van der Waals surface area (Å²) in [4.78, 5) is 3.24. The van der Waals surface area contributed by atoms with Crippen LogP contribution in [0.2, 0.25) is 0 Å². The second-order valence-corrected chi connectivity index (χ2v) is 8.02. The Labute approximate surface area is 97.0 Å². The Morgan fingerprint density at radius 3 is 2.50 bits per heavy atom. The Hall–Kier alpha value is -0.832. The topological polar surface area (TPSA) is 71.5 Å². The Bertz CT molecular complexity index is 528. The molecular formula is C11H15AsNO3+. The van der Waals surface area contributed by atoms with Crippen molar-refractivity contribution in [1.29, 1.82) is 0 Å². The van der Waals surface area contributed by atoms with E-state index in [2.05, 4.69) is 4.99 Å². The molecule has 4 nitrogen and oxygen atoms in total. The standard InChI is InChI=1S/C11H14AsNO3/c1-7-11(2,3)9-6-8(12(14,15)16)4-5-10(9)13-7/h4-6H,1-3H3,(H2,14,15,16)/p+1. The van der Waals surface area contributed by atoms with Crippen LogP contribution in [0.5, 0.6) is 0 Å². The summed E-state index contributed by atoms with van der Waals surface area (Å²) in [6, 6.07) is 4.86. The van der Waals surface area contributed by atoms with Gasteiger partial charge in [-0.2, -0.15) is 0 Å². The molecule has 0 atom stereocenters. The van der Waals surface area contributed by atoms with Crippen molar-refractivity contribution < 1.29 is 16.9 Å². The summed E-state index contributed by atoms with van der Waals surface area (Å²) in [7, 11) is 0. The minimum absolute atomic E-state index is 0.140. The number of benzene rings is 1. The second kappa shape index (κ2) is 3.33. The molecule has 0 radical (unpaired) electrons. The first-order chi connectivity index (χ1) is 7.23. The minimum atomic E-state index is -4.79. The molecule has 0 bridgehead atoms. The van der Waals surface area contributed by atoms with Gasteiger partial charge in [0.1, 0.15) is 0 Å². The SMILES string of the molecule is CC1=[NH+]c2ccc([As](=O)(O)O)cc2C1(C)C. The van der Waals surface area contributed by atoms with Crippen LogP contribution in [0.25, 0.3) is 0 Å². The van der Waals surface area contributed by atoms with E-state index in [9.17, 15) is 11.9 Å². The molecule has 0 saturated carbocycles. The fourth-order valence-corrected chi connectivity index (χ4v) is 3.09. The molecule has 2 rings (SSSR count). The van der Waals surface area contributed by atoms with Crippen molar-refractivity contribution in [3.8, 4) is 0 Å². The average molecular weight is 284 g/mol. The summed E-state index contributed by atoms with van der Waals surface area (Å²) in [5, 5.41) is 0. The first-order valence-corrected chi connectivity index (χ1v) is 8.43. The molecule has 0 unspecified atom stereocenters. The molecule has 0 amide bonds. The molecule has 0 spiro atoms. The molecule has 0 fully saturated rings. The van der Waals surface area contributed by atoms with Gasteiger partial charge in [-0.3, -0.25) is 0 Å². The number of fused-ring (bicyclic) bond motifs is 1. The molecule has 1 aromatic carbocycles. The molecule has 3 N–H and O–H groups in total. The van der Waals surface area contributed by atoms with Crippen molar-refractivity contribution in [3.63, 3.8) is 0 Å². The molecule has 0 aromatic heterocycles. The molecule has 1 aliphatic rings. The second-order valence-electron chi connectivity index (χ2n) is 4.65. The van der Waals surface area contributed by atoms with E-state index in [0.29, 0.717) is 0 Å². The van der Waals surface area contributed by atoms with E-state index in [1.807, 2.05) is 20.8 Å². The van der Waals surface area contributed by atoms with Crippen molar-refractivity contribution in [3.05, 3.63) is 23.8 Å². The van der Waals surface area contributed by atoms with Crippen LogP contribution in [0.3, 0.4) is 0 Å². The van der Waals surface area contributed by atoms with Gasteiger partial charge in [0.15, 0.2) is 0 Å². The molecule has 1 aliphatic heterocycles. The molecule has 0 saturated heterocycles. The van der Waals surface area contributed by atoms with Crippen molar-refractivity contribution in [1.82, 2.24) is 0 Å². The average Bonchev–Trinajstić information content (AvgIpc) is 2.37. The molecule has 86 valence electrons. The van der Waals surface area contributed by atoms with Gasteiger partial charge in [0.25, 0.3) is 0 Å². The Kier molecular flexibility index (Phi) is 2.42. The fraction of sp³-hybridized carbons (Fsp3) is 0.364. The van der Waals surface area contributed by atoms with Gasteiger partial charge in [-0.25, -0.2) is 0 Å².